The molecule has 0 aromatic carbocycles. The largest absolute Gasteiger partial charge is 0.307 e. The molecule has 1 aliphatic heterocycles. The molecule has 0 aliphatic carbocycles. The van der Waals surface area contributed by atoms with Crippen molar-refractivity contribution in [3.05, 3.63) is 12.3 Å². The van der Waals surface area contributed by atoms with Crippen LogP contribution in [0, 0.1) is 0 Å². The molecule has 40 valence electrons. The summed E-state index contributed by atoms with van der Waals surface area (Å²) in [7, 11) is 2.02. The van der Waals surface area contributed by atoms with E-state index in [1.165, 1.54) is 0 Å². The molecule has 7 heavy (non-hydrogen) atoms. The fraction of sp³-hybridized carbons (Fsp3) is 0.500. The van der Waals surface area contributed by atoms with Crippen LogP contribution < -0.4 is 0 Å². The van der Waals surface area contributed by atoms with Crippen LogP contribution in [0.2, 0.25) is 0 Å². The van der Waals surface area contributed by atoms with Crippen LogP contribution in [-0.4, -0.2) is 21.8 Å². The molecule has 0 saturated carbocycles. The predicted octanol–water partition coefficient (Wildman–Crippen LogP) is 1.01. The van der Waals surface area contributed by atoms with E-state index in [1.807, 2.05) is 18.3 Å². The van der Waals surface area contributed by atoms with Gasteiger partial charge in [-0.05, 0) is 0 Å². The molecule has 0 radical (unpaired) electrons. The van der Waals surface area contributed by atoms with Gasteiger partial charge in [-0.2, -0.15) is 3.22 Å². The van der Waals surface area contributed by atoms with Crippen LogP contribution in [0.4, 0.5) is 0 Å². The quantitative estimate of drug-likeness (QED) is 0.435. The molecule has 1 aliphatic rings. The van der Waals surface area contributed by atoms with Gasteiger partial charge in [0.15, 0.2) is 0 Å². The SMILES string of the molecule is CN1C=CCN1I. The fourth-order valence-corrected chi connectivity index (χ4v) is 0.859. The number of rotatable bonds is 0. The van der Waals surface area contributed by atoms with Gasteiger partial charge in [-0.1, -0.05) is 6.08 Å². The molecule has 2 nitrogen and oxygen atoms in total. The molecule has 0 atom stereocenters. The van der Waals surface area contributed by atoms with Gasteiger partial charge in [0.05, 0.1) is 0 Å². The van der Waals surface area contributed by atoms with Crippen molar-refractivity contribution < 1.29 is 0 Å². The molecule has 0 fully saturated rings. The van der Waals surface area contributed by atoms with E-state index in [9.17, 15) is 0 Å². The number of hydrogen-bond acceptors (Lipinski definition) is 2. The molecule has 0 amide bonds. The van der Waals surface area contributed by atoms with Crippen LogP contribution in [0.3, 0.4) is 0 Å². The lowest BCUT2D eigenvalue weighted by Gasteiger charge is -2.15. The number of nitrogens with zero attached hydrogens (tertiary/aromatic N) is 2. The normalized spacial score (nSPS) is 21.7. The Labute approximate surface area is 57.2 Å². The van der Waals surface area contributed by atoms with Crippen molar-refractivity contribution in [1.82, 2.24) is 8.23 Å². The molecule has 0 aromatic rings. The molecule has 0 N–H and O–H groups in total. The second kappa shape index (κ2) is 2.00. The van der Waals surface area contributed by atoms with Gasteiger partial charge in [0.2, 0.25) is 0 Å². The first-order valence-electron chi connectivity index (χ1n) is 2.13. The highest BCUT2D eigenvalue weighted by molar-refractivity contribution is 14.1. The zero-order chi connectivity index (χ0) is 5.28. The predicted molar refractivity (Wildman–Crippen MR) is 37.6 cm³/mol. The van der Waals surface area contributed by atoms with Gasteiger partial charge in [0.25, 0.3) is 0 Å². The van der Waals surface area contributed by atoms with Crippen molar-refractivity contribution in [2.24, 2.45) is 0 Å². The third-order valence-corrected chi connectivity index (χ3v) is 1.99. The molecular weight excluding hydrogens is 203 g/mol. The fourth-order valence-electron chi connectivity index (χ4n) is 0.488. The summed E-state index contributed by atoms with van der Waals surface area (Å²) in [5, 5.41) is 2.04. The molecule has 1 rings (SSSR count). The summed E-state index contributed by atoms with van der Waals surface area (Å²) in [4.78, 5) is 0. The van der Waals surface area contributed by atoms with Gasteiger partial charge < -0.3 is 5.01 Å². The Bertz CT molecular complexity index is 91.7. The van der Waals surface area contributed by atoms with E-state index in [4.69, 9.17) is 0 Å². The Morgan fingerprint density at radius 3 is 2.57 bits per heavy atom. The second-order valence-electron chi connectivity index (χ2n) is 1.48. The molecule has 0 spiro atoms. The topological polar surface area (TPSA) is 6.48 Å². The average Bonchev–Trinajstić information content (AvgIpc) is 1.91. The minimum absolute atomic E-state index is 1.04. The zero-order valence-electron chi connectivity index (χ0n) is 4.13. The summed E-state index contributed by atoms with van der Waals surface area (Å²) in [5.41, 5.74) is 0. The summed E-state index contributed by atoms with van der Waals surface area (Å²) in [5.74, 6) is 0. The molecule has 0 bridgehead atoms. The van der Waals surface area contributed by atoms with Gasteiger partial charge in [0, 0.05) is 42.7 Å². The van der Waals surface area contributed by atoms with Gasteiger partial charge in [-0.15, -0.1) is 0 Å². The minimum atomic E-state index is 1.04. The van der Waals surface area contributed by atoms with Gasteiger partial charge >= 0.3 is 0 Å². The van der Waals surface area contributed by atoms with Crippen LogP contribution in [-0.2, 0) is 0 Å². The number of hydrazine groups is 1. The van der Waals surface area contributed by atoms with Crippen molar-refractivity contribution in [1.29, 1.82) is 0 Å². The Hall–Kier alpha value is 0.230. The van der Waals surface area contributed by atoms with Gasteiger partial charge in [-0.25, -0.2) is 0 Å². The molecule has 0 saturated heterocycles. The third kappa shape index (κ3) is 1.07. The van der Waals surface area contributed by atoms with E-state index in [0.29, 0.717) is 0 Å². The monoisotopic (exact) mass is 210 g/mol. The molecule has 3 heteroatoms. The highest BCUT2D eigenvalue weighted by Crippen LogP contribution is 2.08. The van der Waals surface area contributed by atoms with E-state index in [2.05, 4.69) is 32.2 Å². The van der Waals surface area contributed by atoms with Crippen molar-refractivity contribution >= 4 is 22.9 Å². The van der Waals surface area contributed by atoms with Gasteiger partial charge in [-0.3, -0.25) is 0 Å². The van der Waals surface area contributed by atoms with Crippen LogP contribution in [0.15, 0.2) is 12.3 Å². The summed E-state index contributed by atoms with van der Waals surface area (Å²) in [6.07, 6.45) is 4.17. The summed E-state index contributed by atoms with van der Waals surface area (Å²) in [6, 6.07) is 0. The van der Waals surface area contributed by atoms with E-state index >= 15 is 0 Å². The van der Waals surface area contributed by atoms with Crippen molar-refractivity contribution in [3.63, 3.8) is 0 Å². The maximum atomic E-state index is 2.25. The summed E-state index contributed by atoms with van der Waals surface area (Å²) in [6.45, 7) is 1.04. The second-order valence-corrected chi connectivity index (χ2v) is 2.59. The van der Waals surface area contributed by atoms with Crippen molar-refractivity contribution in [2.45, 2.75) is 0 Å². The third-order valence-electron chi connectivity index (χ3n) is 0.920. The van der Waals surface area contributed by atoms with E-state index in [1.54, 1.807) is 0 Å². The molecule has 1 heterocycles. The number of halogens is 1. The van der Waals surface area contributed by atoms with E-state index < -0.39 is 0 Å². The lowest BCUT2D eigenvalue weighted by atomic mass is 10.7. The first kappa shape index (κ1) is 5.37. The van der Waals surface area contributed by atoms with Crippen LogP contribution >= 0.6 is 22.9 Å². The first-order chi connectivity index (χ1) is 3.30. The summed E-state index contributed by atoms with van der Waals surface area (Å²) < 4.78 is 2.09. The molecule has 0 unspecified atom stereocenters. The lowest BCUT2D eigenvalue weighted by Crippen LogP contribution is -2.20. The maximum Gasteiger partial charge on any atom is 0.0485 e. The molecular formula is C4H7IN2. The van der Waals surface area contributed by atoms with Crippen molar-refractivity contribution in [3.8, 4) is 0 Å². The van der Waals surface area contributed by atoms with Crippen molar-refractivity contribution in [2.75, 3.05) is 13.6 Å². The first-order valence-corrected chi connectivity index (χ1v) is 3.10. The highest BCUT2D eigenvalue weighted by Gasteiger charge is 2.04. The van der Waals surface area contributed by atoms with Crippen LogP contribution in [0.25, 0.3) is 0 Å². The standard InChI is InChI=1S/C4H7IN2/c1-6-3-2-4-7(6)5/h2-3H,4H2,1H3. The van der Waals surface area contributed by atoms with Crippen LogP contribution in [0.1, 0.15) is 0 Å². The average molecular weight is 210 g/mol. The maximum absolute atomic E-state index is 2.25. The Morgan fingerprint density at radius 1 is 1.71 bits per heavy atom. The summed E-state index contributed by atoms with van der Waals surface area (Å²) >= 11 is 2.25. The molecule has 0 aromatic heterocycles. The highest BCUT2D eigenvalue weighted by atomic mass is 127. The zero-order valence-corrected chi connectivity index (χ0v) is 6.29. The smallest absolute Gasteiger partial charge is 0.0485 e. The van der Waals surface area contributed by atoms with Crippen LogP contribution in [0.5, 0.6) is 0 Å². The minimum Gasteiger partial charge on any atom is -0.307 e. The lowest BCUT2D eigenvalue weighted by molar-refractivity contribution is 0.242. The van der Waals surface area contributed by atoms with Gasteiger partial charge in [0.1, 0.15) is 0 Å². The van der Waals surface area contributed by atoms with E-state index in [-0.39, 0.29) is 0 Å². The number of hydrogen-bond donors (Lipinski definition) is 0. The Kier molecular flexibility index (Phi) is 1.53. The van der Waals surface area contributed by atoms with E-state index in [0.717, 1.165) is 6.54 Å². The Morgan fingerprint density at radius 2 is 2.43 bits per heavy atom. The Balaban J connectivity index is 2.45.